The molecule has 0 saturated heterocycles. The molecule has 0 aliphatic rings. The molecule has 0 radical (unpaired) electrons. The second-order valence-corrected chi connectivity index (χ2v) is 9.67. The molecule has 0 fully saturated rings. The number of anilines is 1. The average molecular weight is 450 g/mol. The van der Waals surface area contributed by atoms with E-state index < -0.39 is 0 Å². The van der Waals surface area contributed by atoms with Crippen molar-refractivity contribution in [3.63, 3.8) is 0 Å². The smallest absolute Gasteiger partial charge is 0.262 e. The standard InChI is InChI=1S/C24H27N5O2S/c1-6-20-26-27-23-29(20)28-22(32-23)16-8-7-15(2)19(13-16)25-21(30)14-31-18-11-9-17(10-12-18)24(3,4)5/h7-13H,6,14H2,1-5H3,(H,25,30). The van der Waals surface area contributed by atoms with E-state index in [0.29, 0.717) is 5.75 Å². The maximum absolute atomic E-state index is 12.5. The number of nitrogens with zero attached hydrogens (tertiary/aromatic N) is 4. The zero-order valence-corrected chi connectivity index (χ0v) is 19.8. The predicted octanol–water partition coefficient (Wildman–Crippen LogP) is 5.04. The summed E-state index contributed by atoms with van der Waals surface area (Å²) in [5.41, 5.74) is 3.92. The lowest BCUT2D eigenvalue weighted by Gasteiger charge is -2.19. The minimum atomic E-state index is -0.212. The number of nitrogens with one attached hydrogen (secondary N) is 1. The number of benzene rings is 2. The van der Waals surface area contributed by atoms with Crippen LogP contribution in [-0.2, 0) is 16.6 Å². The van der Waals surface area contributed by atoms with Crippen LogP contribution in [-0.4, -0.2) is 32.3 Å². The Kier molecular flexibility index (Phi) is 5.97. The number of fused-ring (bicyclic) bond motifs is 1. The number of rotatable bonds is 6. The zero-order valence-electron chi connectivity index (χ0n) is 19.0. The fourth-order valence-corrected chi connectivity index (χ4v) is 4.13. The molecule has 7 nitrogen and oxygen atoms in total. The molecule has 2 aromatic heterocycles. The Bertz CT molecular complexity index is 1250. The van der Waals surface area contributed by atoms with Gasteiger partial charge in [0.1, 0.15) is 10.8 Å². The monoisotopic (exact) mass is 449 g/mol. The van der Waals surface area contributed by atoms with Crippen LogP contribution in [0.5, 0.6) is 5.75 Å². The van der Waals surface area contributed by atoms with Crippen molar-refractivity contribution in [2.24, 2.45) is 0 Å². The molecule has 32 heavy (non-hydrogen) atoms. The summed E-state index contributed by atoms with van der Waals surface area (Å²) in [4.78, 5) is 13.3. The van der Waals surface area contributed by atoms with Crippen molar-refractivity contribution >= 4 is 27.9 Å². The summed E-state index contributed by atoms with van der Waals surface area (Å²) in [6, 6.07) is 13.8. The number of aryl methyl sites for hydroxylation is 2. The number of amides is 1. The van der Waals surface area contributed by atoms with Crippen molar-refractivity contribution in [3.05, 3.63) is 59.4 Å². The molecule has 8 heteroatoms. The zero-order chi connectivity index (χ0) is 22.9. The Morgan fingerprint density at radius 3 is 2.56 bits per heavy atom. The van der Waals surface area contributed by atoms with Crippen LogP contribution in [0.3, 0.4) is 0 Å². The van der Waals surface area contributed by atoms with Gasteiger partial charge in [0, 0.05) is 17.7 Å². The van der Waals surface area contributed by atoms with Gasteiger partial charge in [-0.1, -0.05) is 63.3 Å². The van der Waals surface area contributed by atoms with E-state index >= 15 is 0 Å². The first kappa shape index (κ1) is 22.0. The summed E-state index contributed by atoms with van der Waals surface area (Å²) in [6.45, 7) is 10.4. The molecule has 2 aromatic carbocycles. The largest absolute Gasteiger partial charge is 0.484 e. The Hall–Kier alpha value is -3.26. The maximum Gasteiger partial charge on any atom is 0.262 e. The lowest BCUT2D eigenvalue weighted by Crippen LogP contribution is -2.20. The third-order valence-electron chi connectivity index (χ3n) is 5.22. The predicted molar refractivity (Wildman–Crippen MR) is 127 cm³/mol. The highest BCUT2D eigenvalue weighted by Crippen LogP contribution is 2.29. The normalized spacial score (nSPS) is 11.7. The van der Waals surface area contributed by atoms with Crippen molar-refractivity contribution in [1.29, 1.82) is 0 Å². The topological polar surface area (TPSA) is 81.4 Å². The highest BCUT2D eigenvalue weighted by atomic mass is 32.1. The van der Waals surface area contributed by atoms with Gasteiger partial charge in [0.15, 0.2) is 12.4 Å². The van der Waals surface area contributed by atoms with Gasteiger partial charge in [-0.05, 0) is 41.7 Å². The molecule has 0 atom stereocenters. The molecule has 1 N–H and O–H groups in total. The van der Waals surface area contributed by atoms with E-state index in [0.717, 1.165) is 39.0 Å². The van der Waals surface area contributed by atoms with Gasteiger partial charge in [-0.3, -0.25) is 4.79 Å². The van der Waals surface area contributed by atoms with Crippen LogP contribution in [0.25, 0.3) is 15.5 Å². The van der Waals surface area contributed by atoms with Gasteiger partial charge in [-0.15, -0.1) is 10.2 Å². The third kappa shape index (κ3) is 4.65. The lowest BCUT2D eigenvalue weighted by molar-refractivity contribution is -0.118. The van der Waals surface area contributed by atoms with Crippen molar-refractivity contribution in [3.8, 4) is 16.3 Å². The van der Waals surface area contributed by atoms with E-state index in [-0.39, 0.29) is 17.9 Å². The summed E-state index contributed by atoms with van der Waals surface area (Å²) < 4.78 is 7.45. The van der Waals surface area contributed by atoms with Crippen LogP contribution < -0.4 is 10.1 Å². The van der Waals surface area contributed by atoms with Gasteiger partial charge < -0.3 is 10.1 Å². The lowest BCUT2D eigenvalue weighted by atomic mass is 9.87. The molecule has 0 saturated carbocycles. The fraction of sp³-hybridized carbons (Fsp3) is 0.333. The first-order valence-electron chi connectivity index (χ1n) is 10.6. The van der Waals surface area contributed by atoms with E-state index in [1.54, 1.807) is 4.52 Å². The Morgan fingerprint density at radius 2 is 1.88 bits per heavy atom. The van der Waals surface area contributed by atoms with Crippen molar-refractivity contribution in [1.82, 2.24) is 19.8 Å². The summed E-state index contributed by atoms with van der Waals surface area (Å²) in [5, 5.41) is 16.7. The molecule has 166 valence electrons. The highest BCUT2D eigenvalue weighted by Gasteiger charge is 2.15. The highest BCUT2D eigenvalue weighted by molar-refractivity contribution is 7.19. The number of hydrogen-bond acceptors (Lipinski definition) is 6. The molecule has 1 amide bonds. The van der Waals surface area contributed by atoms with Crippen LogP contribution in [0.2, 0.25) is 0 Å². The molecule has 0 spiro atoms. The summed E-state index contributed by atoms with van der Waals surface area (Å²) in [7, 11) is 0. The van der Waals surface area contributed by atoms with E-state index in [9.17, 15) is 4.79 Å². The van der Waals surface area contributed by atoms with Gasteiger partial charge in [0.2, 0.25) is 4.96 Å². The molecule has 4 rings (SSSR count). The van der Waals surface area contributed by atoms with Crippen LogP contribution in [0.4, 0.5) is 5.69 Å². The van der Waals surface area contributed by atoms with Gasteiger partial charge >= 0.3 is 0 Å². The van der Waals surface area contributed by atoms with E-state index in [2.05, 4.69) is 41.4 Å². The van der Waals surface area contributed by atoms with Crippen LogP contribution in [0, 0.1) is 6.92 Å². The summed E-state index contributed by atoms with van der Waals surface area (Å²) >= 11 is 1.47. The van der Waals surface area contributed by atoms with Gasteiger partial charge in [-0.25, -0.2) is 0 Å². The molecular formula is C24H27N5O2S. The number of carbonyl (C=O) groups excluding carboxylic acids is 1. The number of hydrogen-bond donors (Lipinski definition) is 1. The molecule has 0 aliphatic heterocycles. The van der Waals surface area contributed by atoms with E-state index in [4.69, 9.17) is 4.74 Å². The number of aromatic nitrogens is 4. The summed E-state index contributed by atoms with van der Waals surface area (Å²) in [6.07, 6.45) is 0.762. The Morgan fingerprint density at radius 1 is 1.12 bits per heavy atom. The number of ether oxygens (including phenoxy) is 1. The maximum atomic E-state index is 12.5. The van der Waals surface area contributed by atoms with Gasteiger partial charge in [0.05, 0.1) is 0 Å². The Balaban J connectivity index is 1.44. The van der Waals surface area contributed by atoms with Crippen molar-refractivity contribution in [2.75, 3.05) is 11.9 Å². The van der Waals surface area contributed by atoms with Crippen molar-refractivity contribution < 1.29 is 9.53 Å². The van der Waals surface area contributed by atoms with Gasteiger partial charge in [0.25, 0.3) is 5.91 Å². The first-order valence-corrected chi connectivity index (χ1v) is 11.4. The summed E-state index contributed by atoms with van der Waals surface area (Å²) in [5.74, 6) is 1.29. The second-order valence-electron chi connectivity index (χ2n) is 8.71. The average Bonchev–Trinajstić information content (AvgIpc) is 3.34. The van der Waals surface area contributed by atoms with E-state index in [1.165, 1.54) is 16.9 Å². The minimum absolute atomic E-state index is 0.0604. The second kappa shape index (κ2) is 8.70. The molecule has 0 bridgehead atoms. The quantitative estimate of drug-likeness (QED) is 0.446. The van der Waals surface area contributed by atoms with Gasteiger partial charge in [-0.2, -0.15) is 9.61 Å². The van der Waals surface area contributed by atoms with E-state index in [1.807, 2.05) is 56.3 Å². The molecule has 4 aromatic rings. The minimum Gasteiger partial charge on any atom is -0.484 e. The molecule has 0 unspecified atom stereocenters. The Labute approximate surface area is 191 Å². The molecule has 2 heterocycles. The van der Waals surface area contributed by atoms with Crippen LogP contribution in [0.15, 0.2) is 42.5 Å². The fourth-order valence-electron chi connectivity index (χ4n) is 3.27. The van der Waals surface area contributed by atoms with Crippen LogP contribution in [0.1, 0.15) is 44.6 Å². The molecule has 0 aliphatic carbocycles. The first-order chi connectivity index (χ1) is 15.2. The SMILES string of the molecule is CCc1nnc2sc(-c3ccc(C)c(NC(=O)COc4ccc(C(C)(C)C)cc4)c3)nn12. The van der Waals surface area contributed by atoms with Crippen LogP contribution >= 0.6 is 11.3 Å². The molecular weight excluding hydrogens is 422 g/mol. The number of carbonyl (C=O) groups is 1. The van der Waals surface area contributed by atoms with Crippen molar-refractivity contribution in [2.45, 2.75) is 46.5 Å². The third-order valence-corrected chi connectivity index (χ3v) is 6.17.